The van der Waals surface area contributed by atoms with Crippen molar-refractivity contribution in [1.29, 1.82) is 0 Å². The van der Waals surface area contributed by atoms with Crippen molar-refractivity contribution in [2.75, 3.05) is 10.0 Å². The van der Waals surface area contributed by atoms with Gasteiger partial charge in [0, 0.05) is 35.0 Å². The Kier molecular flexibility index (Phi) is 6.38. The van der Waals surface area contributed by atoms with E-state index in [9.17, 15) is 33.4 Å². The van der Waals surface area contributed by atoms with Gasteiger partial charge in [0.05, 0.1) is 9.85 Å². The fraction of sp³-hybridized carbons (Fsp3) is 0. The Balaban J connectivity index is 1.49. The molecule has 0 spiro atoms. The van der Waals surface area contributed by atoms with E-state index in [1.165, 1.54) is 60.7 Å². The number of nitrogens with one attached hydrogen (secondary N) is 2. The normalized spacial score (nSPS) is 11.0. The summed E-state index contributed by atoms with van der Waals surface area (Å²) >= 11 is 0. The van der Waals surface area contributed by atoms with Crippen molar-refractivity contribution in [2.24, 2.45) is 0 Å². The number of carbonyl (C=O) groups excluding carboxylic acids is 1. The monoisotopic (exact) mass is 510 g/mol. The first-order valence-corrected chi connectivity index (χ1v) is 11.4. The number of nitro groups is 2. The number of aromatic nitrogens is 2. The van der Waals surface area contributed by atoms with Gasteiger partial charge in [-0.2, -0.15) is 0 Å². The van der Waals surface area contributed by atoms with E-state index >= 15 is 0 Å². The highest BCUT2D eigenvalue weighted by molar-refractivity contribution is 7.92. The van der Waals surface area contributed by atoms with Gasteiger partial charge in [-0.25, -0.2) is 8.42 Å². The molecule has 36 heavy (non-hydrogen) atoms. The van der Waals surface area contributed by atoms with E-state index in [0.29, 0.717) is 5.56 Å². The Morgan fingerprint density at radius 3 is 2.31 bits per heavy atom. The van der Waals surface area contributed by atoms with Gasteiger partial charge in [-0.15, -0.1) is 5.10 Å². The number of hydrogen-bond donors (Lipinski definition) is 2. The molecular weight excluding hydrogens is 496 g/mol. The van der Waals surface area contributed by atoms with E-state index in [0.717, 1.165) is 12.1 Å². The Labute approximate surface area is 201 Å². The summed E-state index contributed by atoms with van der Waals surface area (Å²) in [5.41, 5.74) is -0.325. The summed E-state index contributed by atoms with van der Waals surface area (Å²) in [5, 5.41) is 31.8. The molecule has 1 aromatic heterocycles. The lowest BCUT2D eigenvalue weighted by Gasteiger charge is -2.09. The number of nitrogens with zero attached hydrogens (tertiary/aromatic N) is 4. The van der Waals surface area contributed by atoms with Gasteiger partial charge in [0.25, 0.3) is 27.3 Å². The molecule has 0 bridgehead atoms. The molecule has 0 saturated carbocycles. The molecule has 1 heterocycles. The van der Waals surface area contributed by atoms with E-state index < -0.39 is 36.4 Å². The third-order valence-electron chi connectivity index (χ3n) is 4.70. The van der Waals surface area contributed by atoms with Crippen LogP contribution in [0.5, 0.6) is 0 Å². The lowest BCUT2D eigenvalue weighted by atomic mass is 10.2. The summed E-state index contributed by atoms with van der Waals surface area (Å²) in [5.74, 6) is -0.702. The number of carbonyl (C=O) groups is 1. The third-order valence-corrected chi connectivity index (χ3v) is 6.13. The third kappa shape index (κ3) is 5.15. The molecule has 0 atom stereocenters. The average Bonchev–Trinajstić information content (AvgIpc) is 3.32. The fourth-order valence-corrected chi connectivity index (χ4v) is 4.28. The second-order valence-corrected chi connectivity index (χ2v) is 8.73. The number of nitro benzene ring substituents is 2. The Bertz CT molecular complexity index is 1580. The van der Waals surface area contributed by atoms with Crippen LogP contribution in [-0.4, -0.2) is 34.4 Å². The predicted molar refractivity (Wildman–Crippen MR) is 125 cm³/mol. The van der Waals surface area contributed by atoms with Crippen molar-refractivity contribution in [3.05, 3.63) is 98.6 Å². The Hall–Kier alpha value is -5.18. The second kappa shape index (κ2) is 9.59. The SMILES string of the molecule is O=C(Nc1nnc(-c2ccc([N+](=O)[O-])cc2)o1)c1cccc(NS(=O)(=O)c2ccccc2[N+](=O)[O-])c1. The van der Waals surface area contributed by atoms with Crippen molar-refractivity contribution in [2.45, 2.75) is 4.90 Å². The first kappa shape index (κ1) is 24.0. The van der Waals surface area contributed by atoms with Crippen molar-refractivity contribution in [1.82, 2.24) is 10.2 Å². The highest BCUT2D eigenvalue weighted by Gasteiger charge is 2.25. The van der Waals surface area contributed by atoms with Crippen LogP contribution in [0, 0.1) is 20.2 Å². The van der Waals surface area contributed by atoms with Gasteiger partial charge in [0.1, 0.15) is 0 Å². The summed E-state index contributed by atoms with van der Waals surface area (Å²) in [6.07, 6.45) is 0. The van der Waals surface area contributed by atoms with E-state index in [1.54, 1.807) is 0 Å². The number of non-ortho nitro benzene ring substituents is 1. The average molecular weight is 510 g/mol. The summed E-state index contributed by atoms with van der Waals surface area (Å²) in [7, 11) is -4.33. The zero-order chi connectivity index (χ0) is 25.9. The van der Waals surface area contributed by atoms with Gasteiger partial charge in [0.2, 0.25) is 5.89 Å². The fourth-order valence-electron chi connectivity index (χ4n) is 3.05. The maximum absolute atomic E-state index is 12.7. The second-order valence-electron chi connectivity index (χ2n) is 7.08. The van der Waals surface area contributed by atoms with Crippen molar-refractivity contribution < 1.29 is 27.5 Å². The molecule has 0 aliphatic heterocycles. The molecule has 15 heteroatoms. The number of benzene rings is 3. The lowest BCUT2D eigenvalue weighted by Crippen LogP contribution is -2.16. The van der Waals surface area contributed by atoms with Crippen LogP contribution in [0.25, 0.3) is 11.5 Å². The maximum Gasteiger partial charge on any atom is 0.322 e. The van der Waals surface area contributed by atoms with Gasteiger partial charge >= 0.3 is 6.01 Å². The Morgan fingerprint density at radius 2 is 1.61 bits per heavy atom. The molecule has 0 aliphatic carbocycles. The van der Waals surface area contributed by atoms with Crippen LogP contribution in [0.4, 0.5) is 23.1 Å². The van der Waals surface area contributed by atoms with E-state index in [1.807, 2.05) is 0 Å². The molecule has 182 valence electrons. The highest BCUT2D eigenvalue weighted by Crippen LogP contribution is 2.26. The number of hydrogen-bond acceptors (Lipinski definition) is 10. The zero-order valence-electron chi connectivity index (χ0n) is 17.9. The first-order valence-electron chi connectivity index (χ1n) is 9.90. The molecule has 3 aromatic carbocycles. The van der Waals surface area contributed by atoms with Crippen molar-refractivity contribution in [3.8, 4) is 11.5 Å². The molecule has 4 aromatic rings. The van der Waals surface area contributed by atoms with Gasteiger partial charge in [0.15, 0.2) is 4.90 Å². The van der Waals surface area contributed by atoms with Crippen LogP contribution < -0.4 is 10.0 Å². The molecule has 14 nitrogen and oxygen atoms in total. The first-order chi connectivity index (χ1) is 17.1. The molecule has 1 amide bonds. The van der Waals surface area contributed by atoms with Crippen LogP contribution in [0.1, 0.15) is 10.4 Å². The minimum Gasteiger partial charge on any atom is -0.403 e. The topological polar surface area (TPSA) is 200 Å². The number of sulfonamides is 1. The van der Waals surface area contributed by atoms with Gasteiger partial charge in [-0.05, 0) is 36.4 Å². The molecule has 0 saturated heterocycles. The van der Waals surface area contributed by atoms with Crippen molar-refractivity contribution >= 4 is 39.0 Å². The smallest absolute Gasteiger partial charge is 0.322 e. The lowest BCUT2D eigenvalue weighted by molar-refractivity contribution is -0.387. The molecule has 0 unspecified atom stereocenters. The van der Waals surface area contributed by atoms with Crippen LogP contribution in [0.2, 0.25) is 0 Å². The molecule has 4 rings (SSSR count). The number of anilines is 2. The molecule has 0 fully saturated rings. The standard InChI is InChI=1S/C21H14N6O8S/c28-19(22-21-24-23-20(35-21)13-8-10-16(11-9-13)26(29)30)14-4-3-5-15(12-14)25-36(33,34)18-7-2-1-6-17(18)27(31)32/h1-12,25H,(H,22,24,28). The minimum absolute atomic E-state index is 0.00571. The zero-order valence-corrected chi connectivity index (χ0v) is 18.7. The largest absolute Gasteiger partial charge is 0.403 e. The predicted octanol–water partition coefficient (Wildman–Crippen LogP) is 3.61. The number of para-hydroxylation sites is 1. The van der Waals surface area contributed by atoms with Gasteiger partial charge < -0.3 is 4.42 Å². The minimum atomic E-state index is -4.33. The molecule has 0 radical (unpaired) electrons. The number of amides is 1. The van der Waals surface area contributed by atoms with E-state index in [-0.39, 0.29) is 28.8 Å². The number of rotatable bonds is 8. The summed E-state index contributed by atoms with van der Waals surface area (Å²) in [4.78, 5) is 32.7. The summed E-state index contributed by atoms with van der Waals surface area (Å²) < 4.78 is 33.0. The quantitative estimate of drug-likeness (QED) is 0.260. The van der Waals surface area contributed by atoms with Crippen LogP contribution >= 0.6 is 0 Å². The molecule has 0 aliphatic rings. The van der Waals surface area contributed by atoms with E-state index in [2.05, 4.69) is 20.2 Å². The van der Waals surface area contributed by atoms with Gasteiger partial charge in [-0.1, -0.05) is 23.3 Å². The summed E-state index contributed by atoms with van der Waals surface area (Å²) in [6.45, 7) is 0. The van der Waals surface area contributed by atoms with Crippen LogP contribution in [0.15, 0.2) is 82.1 Å². The van der Waals surface area contributed by atoms with Crippen LogP contribution in [-0.2, 0) is 10.0 Å². The molecule has 2 N–H and O–H groups in total. The van der Waals surface area contributed by atoms with Crippen LogP contribution in [0.3, 0.4) is 0 Å². The van der Waals surface area contributed by atoms with Gasteiger partial charge in [-0.3, -0.25) is 35.1 Å². The maximum atomic E-state index is 12.7. The highest BCUT2D eigenvalue weighted by atomic mass is 32.2. The van der Waals surface area contributed by atoms with E-state index in [4.69, 9.17) is 4.42 Å². The summed E-state index contributed by atoms with van der Waals surface area (Å²) in [6, 6.07) is 15.3. The Morgan fingerprint density at radius 1 is 0.889 bits per heavy atom. The molecular formula is C21H14N6O8S. The van der Waals surface area contributed by atoms with Crippen molar-refractivity contribution in [3.63, 3.8) is 0 Å².